The molecule has 1 amide bonds. The summed E-state index contributed by atoms with van der Waals surface area (Å²) < 4.78 is 0. The van der Waals surface area contributed by atoms with Crippen LogP contribution in [-0.2, 0) is 0 Å². The molecule has 0 aromatic heterocycles. The van der Waals surface area contributed by atoms with Gasteiger partial charge in [0.25, 0.3) is 5.91 Å². The lowest BCUT2D eigenvalue weighted by molar-refractivity contribution is 0.0954. The summed E-state index contributed by atoms with van der Waals surface area (Å²) in [5.41, 5.74) is 2.14. The summed E-state index contributed by atoms with van der Waals surface area (Å²) in [6.45, 7) is 0. The second-order valence-electron chi connectivity index (χ2n) is 2.22. The van der Waals surface area contributed by atoms with E-state index in [9.17, 15) is 4.79 Å². The lowest BCUT2D eigenvalue weighted by Gasteiger charge is -2.04. The molecular formula is C7H5Cl3N2O. The molecule has 1 aromatic carbocycles. The van der Waals surface area contributed by atoms with Crippen LogP contribution >= 0.6 is 34.8 Å². The summed E-state index contributed by atoms with van der Waals surface area (Å²) in [7, 11) is 0. The number of rotatable bonds is 1. The molecular weight excluding hydrogens is 234 g/mol. The molecule has 1 rings (SSSR count). The van der Waals surface area contributed by atoms with Crippen LogP contribution in [0.1, 0.15) is 10.4 Å². The maximum Gasteiger partial charge on any atom is 0.266 e. The highest BCUT2D eigenvalue weighted by Gasteiger charge is 2.11. The van der Waals surface area contributed by atoms with E-state index in [2.05, 4.69) is 0 Å². The monoisotopic (exact) mass is 238 g/mol. The number of carbonyl (C=O) groups is 1. The van der Waals surface area contributed by atoms with Crippen LogP contribution < -0.4 is 11.3 Å². The van der Waals surface area contributed by atoms with E-state index in [1.54, 1.807) is 0 Å². The van der Waals surface area contributed by atoms with Gasteiger partial charge >= 0.3 is 0 Å². The van der Waals surface area contributed by atoms with Gasteiger partial charge in [-0.3, -0.25) is 10.2 Å². The lowest BCUT2D eigenvalue weighted by atomic mass is 10.2. The Bertz CT molecular complexity index is 354. The summed E-state index contributed by atoms with van der Waals surface area (Å²) in [6, 6.07) is 2.74. The molecule has 0 heterocycles. The Kier molecular flexibility index (Phi) is 3.39. The van der Waals surface area contributed by atoms with Crippen LogP contribution in [0.15, 0.2) is 12.1 Å². The largest absolute Gasteiger partial charge is 0.290 e. The Morgan fingerprint density at radius 2 is 1.69 bits per heavy atom. The molecule has 1 aromatic rings. The van der Waals surface area contributed by atoms with Gasteiger partial charge in [-0.05, 0) is 12.1 Å². The molecule has 3 N–H and O–H groups in total. The van der Waals surface area contributed by atoms with Crippen LogP contribution in [0.25, 0.3) is 0 Å². The van der Waals surface area contributed by atoms with Gasteiger partial charge in [0.2, 0.25) is 0 Å². The predicted octanol–water partition coefficient (Wildman–Crippen LogP) is 2.25. The van der Waals surface area contributed by atoms with Crippen molar-refractivity contribution in [2.45, 2.75) is 0 Å². The Balaban J connectivity index is 3.23. The molecule has 0 aliphatic rings. The van der Waals surface area contributed by atoms with Crippen molar-refractivity contribution in [3.63, 3.8) is 0 Å². The Hall–Kier alpha value is -0.480. The predicted molar refractivity (Wildman–Crippen MR) is 53.1 cm³/mol. The third-order valence-corrected chi connectivity index (χ3v) is 2.42. The molecule has 6 heteroatoms. The highest BCUT2D eigenvalue weighted by molar-refractivity contribution is 6.44. The number of nitrogen functional groups attached to an aromatic ring is 1. The van der Waals surface area contributed by atoms with E-state index < -0.39 is 5.91 Å². The number of carbonyl (C=O) groups excluding carboxylic acids is 1. The fraction of sp³-hybridized carbons (Fsp3) is 0. The SMILES string of the molecule is NNC(=O)c1cc(Cl)c(Cl)cc1Cl. The second-order valence-corrected chi connectivity index (χ2v) is 3.44. The minimum absolute atomic E-state index is 0.193. The molecule has 0 radical (unpaired) electrons. The first-order chi connectivity index (χ1) is 6.06. The van der Waals surface area contributed by atoms with Gasteiger partial charge in [-0.25, -0.2) is 5.84 Å². The van der Waals surface area contributed by atoms with Gasteiger partial charge in [-0.1, -0.05) is 34.8 Å². The maximum absolute atomic E-state index is 11.1. The number of benzene rings is 1. The third kappa shape index (κ3) is 2.25. The van der Waals surface area contributed by atoms with Crippen LogP contribution in [0, 0.1) is 0 Å². The van der Waals surface area contributed by atoms with Crippen LogP contribution in [0.2, 0.25) is 15.1 Å². The highest BCUT2D eigenvalue weighted by atomic mass is 35.5. The summed E-state index contributed by atoms with van der Waals surface area (Å²) in [4.78, 5) is 11.1. The smallest absolute Gasteiger partial charge is 0.266 e. The van der Waals surface area contributed by atoms with Gasteiger partial charge in [-0.15, -0.1) is 0 Å². The van der Waals surface area contributed by atoms with Crippen molar-refractivity contribution < 1.29 is 4.79 Å². The van der Waals surface area contributed by atoms with E-state index >= 15 is 0 Å². The van der Waals surface area contributed by atoms with Crippen LogP contribution in [-0.4, -0.2) is 5.91 Å². The first-order valence-electron chi connectivity index (χ1n) is 3.21. The minimum Gasteiger partial charge on any atom is -0.290 e. The minimum atomic E-state index is -0.511. The van der Waals surface area contributed by atoms with E-state index in [4.69, 9.17) is 40.6 Å². The average Bonchev–Trinajstić information content (AvgIpc) is 2.10. The zero-order valence-corrected chi connectivity index (χ0v) is 8.54. The van der Waals surface area contributed by atoms with E-state index in [1.807, 2.05) is 5.43 Å². The topological polar surface area (TPSA) is 55.1 Å². The fourth-order valence-corrected chi connectivity index (χ4v) is 1.41. The van der Waals surface area contributed by atoms with E-state index in [0.717, 1.165) is 0 Å². The Labute approximate surface area is 89.7 Å². The van der Waals surface area contributed by atoms with Crippen molar-refractivity contribution in [2.75, 3.05) is 0 Å². The molecule has 0 unspecified atom stereocenters. The van der Waals surface area contributed by atoms with Crippen LogP contribution in [0.5, 0.6) is 0 Å². The fourth-order valence-electron chi connectivity index (χ4n) is 0.774. The molecule has 0 aliphatic carbocycles. The first kappa shape index (κ1) is 10.6. The van der Waals surface area contributed by atoms with Crippen LogP contribution in [0.4, 0.5) is 0 Å². The van der Waals surface area contributed by atoms with E-state index in [0.29, 0.717) is 5.02 Å². The molecule has 0 bridgehead atoms. The van der Waals surface area contributed by atoms with Crippen molar-refractivity contribution in [1.29, 1.82) is 0 Å². The van der Waals surface area contributed by atoms with E-state index in [-0.39, 0.29) is 15.6 Å². The highest BCUT2D eigenvalue weighted by Crippen LogP contribution is 2.28. The van der Waals surface area contributed by atoms with Gasteiger partial charge in [0.15, 0.2) is 0 Å². The molecule has 70 valence electrons. The molecule has 0 saturated carbocycles. The lowest BCUT2D eigenvalue weighted by Crippen LogP contribution is -2.30. The van der Waals surface area contributed by atoms with E-state index in [1.165, 1.54) is 12.1 Å². The summed E-state index contributed by atoms with van der Waals surface area (Å²) in [6.07, 6.45) is 0. The second kappa shape index (κ2) is 4.15. The third-order valence-electron chi connectivity index (χ3n) is 1.39. The summed E-state index contributed by atoms with van der Waals surface area (Å²) in [5.74, 6) is 4.42. The normalized spacial score (nSPS) is 9.85. The molecule has 0 atom stereocenters. The molecule has 0 aliphatic heterocycles. The summed E-state index contributed by atoms with van der Waals surface area (Å²) in [5, 5.41) is 0.752. The molecule has 3 nitrogen and oxygen atoms in total. The average molecular weight is 239 g/mol. The Morgan fingerprint density at radius 1 is 1.15 bits per heavy atom. The molecule has 0 spiro atoms. The van der Waals surface area contributed by atoms with Gasteiger partial charge in [0.05, 0.1) is 20.6 Å². The number of nitrogens with one attached hydrogen (secondary N) is 1. The number of halogens is 3. The quantitative estimate of drug-likeness (QED) is 0.342. The Morgan fingerprint density at radius 3 is 2.23 bits per heavy atom. The molecule has 0 fully saturated rings. The number of amides is 1. The molecule has 13 heavy (non-hydrogen) atoms. The van der Waals surface area contributed by atoms with Crippen molar-refractivity contribution in [3.8, 4) is 0 Å². The van der Waals surface area contributed by atoms with Gasteiger partial charge in [0.1, 0.15) is 0 Å². The van der Waals surface area contributed by atoms with Gasteiger partial charge in [0, 0.05) is 0 Å². The molecule has 0 saturated heterocycles. The maximum atomic E-state index is 11.1. The standard InChI is InChI=1S/C7H5Cl3N2O/c8-4-2-6(10)5(9)1-3(4)7(13)12-11/h1-2H,11H2,(H,12,13). The number of hydrogen-bond acceptors (Lipinski definition) is 2. The van der Waals surface area contributed by atoms with Gasteiger partial charge in [-0.2, -0.15) is 0 Å². The number of nitrogens with two attached hydrogens (primary N) is 1. The van der Waals surface area contributed by atoms with Crippen molar-refractivity contribution in [2.24, 2.45) is 5.84 Å². The zero-order valence-electron chi connectivity index (χ0n) is 6.27. The van der Waals surface area contributed by atoms with Crippen molar-refractivity contribution in [1.82, 2.24) is 5.43 Å². The number of hydrazine groups is 1. The summed E-state index contributed by atoms with van der Waals surface area (Å²) >= 11 is 17.0. The zero-order chi connectivity index (χ0) is 10.0. The first-order valence-corrected chi connectivity index (χ1v) is 4.35. The van der Waals surface area contributed by atoms with Crippen molar-refractivity contribution >= 4 is 40.7 Å². The number of hydrogen-bond donors (Lipinski definition) is 2. The van der Waals surface area contributed by atoms with Gasteiger partial charge < -0.3 is 0 Å². The van der Waals surface area contributed by atoms with Crippen molar-refractivity contribution in [3.05, 3.63) is 32.8 Å². The van der Waals surface area contributed by atoms with Crippen LogP contribution in [0.3, 0.4) is 0 Å².